The van der Waals surface area contributed by atoms with E-state index in [0.717, 1.165) is 0 Å². The van der Waals surface area contributed by atoms with Gasteiger partial charge in [-0.2, -0.15) is 0 Å². The molecule has 0 aromatic carbocycles. The van der Waals surface area contributed by atoms with E-state index in [1.807, 2.05) is 20.8 Å². The highest BCUT2D eigenvalue weighted by Gasteiger charge is 2.31. The Morgan fingerprint density at radius 1 is 1.13 bits per heavy atom. The zero-order valence-corrected chi connectivity index (χ0v) is 14.7. The molecule has 0 aliphatic carbocycles. The number of nitrogens with one attached hydrogen (secondary N) is 3. The Morgan fingerprint density at radius 3 is 2.09 bits per heavy atom. The maximum Gasteiger partial charge on any atom is 0.408 e. The summed E-state index contributed by atoms with van der Waals surface area (Å²) in [5, 5.41) is 12.5. The number of amides is 1. The van der Waals surface area contributed by atoms with Crippen LogP contribution in [0, 0.1) is 0 Å². The fourth-order valence-electron chi connectivity index (χ4n) is 2.10. The van der Waals surface area contributed by atoms with Crippen molar-refractivity contribution in [1.82, 2.24) is 15.3 Å². The molecule has 4 N–H and O–H groups in total. The summed E-state index contributed by atoms with van der Waals surface area (Å²) in [7, 11) is 0. The molecule has 0 aliphatic heterocycles. The minimum absolute atomic E-state index is 0.137. The standard InChI is InChI=1S/C15H27N3O5/c1-8(22-14(2,3)4)9(10-11(19)18-12(20)16-10)17-13(21)23-15(5,6)7/h8-9,19H,1-7H3,(H,17,21)(H2,16,18,20)/t8-,9+/m0/s1. The van der Waals surface area contributed by atoms with E-state index in [1.165, 1.54) is 0 Å². The molecule has 8 nitrogen and oxygen atoms in total. The van der Waals surface area contributed by atoms with Crippen LogP contribution in [0.25, 0.3) is 0 Å². The molecule has 0 fully saturated rings. The summed E-state index contributed by atoms with van der Waals surface area (Å²) in [5.41, 5.74) is -1.58. The average molecular weight is 329 g/mol. The van der Waals surface area contributed by atoms with Gasteiger partial charge in [-0.1, -0.05) is 0 Å². The number of hydrogen-bond acceptors (Lipinski definition) is 5. The topological polar surface area (TPSA) is 116 Å². The largest absolute Gasteiger partial charge is 0.493 e. The Kier molecular flexibility index (Phi) is 5.52. The summed E-state index contributed by atoms with van der Waals surface area (Å²) < 4.78 is 11.1. The first-order chi connectivity index (χ1) is 10.3. The van der Waals surface area contributed by atoms with Gasteiger partial charge in [0.2, 0.25) is 5.88 Å². The zero-order valence-electron chi connectivity index (χ0n) is 14.7. The smallest absolute Gasteiger partial charge is 0.408 e. The molecular formula is C15H27N3O5. The van der Waals surface area contributed by atoms with Gasteiger partial charge in [0.25, 0.3) is 0 Å². The Labute approximate surface area is 135 Å². The first-order valence-corrected chi connectivity index (χ1v) is 7.47. The fourth-order valence-corrected chi connectivity index (χ4v) is 2.10. The number of hydrogen-bond donors (Lipinski definition) is 4. The predicted octanol–water partition coefficient (Wildman–Crippen LogP) is 2.18. The molecule has 0 saturated heterocycles. The Hall–Kier alpha value is -1.96. The lowest BCUT2D eigenvalue weighted by molar-refractivity contribution is -0.0685. The first-order valence-electron chi connectivity index (χ1n) is 7.47. The average Bonchev–Trinajstić information content (AvgIpc) is 2.60. The van der Waals surface area contributed by atoms with E-state index in [4.69, 9.17) is 9.47 Å². The molecule has 1 rings (SSSR count). The van der Waals surface area contributed by atoms with Crippen molar-refractivity contribution in [3.05, 3.63) is 16.2 Å². The zero-order chi connectivity index (χ0) is 18.0. The number of alkyl carbamates (subject to hydrolysis) is 1. The third-order valence-electron chi connectivity index (χ3n) is 2.73. The second kappa shape index (κ2) is 6.66. The van der Waals surface area contributed by atoms with Gasteiger partial charge >= 0.3 is 11.8 Å². The van der Waals surface area contributed by atoms with Crippen LogP contribution in [0.15, 0.2) is 4.79 Å². The lowest BCUT2D eigenvalue weighted by Gasteiger charge is -2.31. The summed E-state index contributed by atoms with van der Waals surface area (Å²) >= 11 is 0. The van der Waals surface area contributed by atoms with E-state index in [1.54, 1.807) is 27.7 Å². The molecule has 0 radical (unpaired) electrons. The molecule has 0 bridgehead atoms. The third-order valence-corrected chi connectivity index (χ3v) is 2.73. The van der Waals surface area contributed by atoms with Crippen molar-refractivity contribution in [1.29, 1.82) is 0 Å². The molecule has 1 aromatic heterocycles. The molecular weight excluding hydrogens is 302 g/mol. The van der Waals surface area contributed by atoms with E-state index in [-0.39, 0.29) is 11.6 Å². The number of aromatic nitrogens is 2. The second-order valence-electron chi connectivity index (χ2n) is 7.40. The molecule has 1 aromatic rings. The van der Waals surface area contributed by atoms with Crippen LogP contribution in [0.5, 0.6) is 5.88 Å². The number of ether oxygens (including phenoxy) is 2. The number of aromatic amines is 2. The second-order valence-corrected chi connectivity index (χ2v) is 7.40. The Morgan fingerprint density at radius 2 is 1.70 bits per heavy atom. The normalized spacial score (nSPS) is 15.1. The first kappa shape index (κ1) is 19.1. The number of aromatic hydroxyl groups is 1. The van der Waals surface area contributed by atoms with Gasteiger partial charge in [-0.05, 0) is 48.5 Å². The van der Waals surface area contributed by atoms with Gasteiger partial charge in [-0.25, -0.2) is 9.59 Å². The van der Waals surface area contributed by atoms with Crippen molar-refractivity contribution in [3.8, 4) is 5.88 Å². The van der Waals surface area contributed by atoms with E-state index in [0.29, 0.717) is 0 Å². The van der Waals surface area contributed by atoms with E-state index < -0.39 is 35.1 Å². The monoisotopic (exact) mass is 329 g/mol. The fraction of sp³-hybridized carbons (Fsp3) is 0.733. The predicted molar refractivity (Wildman–Crippen MR) is 85.5 cm³/mol. The van der Waals surface area contributed by atoms with Gasteiger partial charge in [0.15, 0.2) is 0 Å². The Bertz CT molecular complexity index is 591. The van der Waals surface area contributed by atoms with Crippen molar-refractivity contribution in [2.75, 3.05) is 0 Å². The maximum atomic E-state index is 12.1. The molecule has 0 aliphatic rings. The van der Waals surface area contributed by atoms with E-state index in [2.05, 4.69) is 15.3 Å². The molecule has 1 amide bonds. The van der Waals surface area contributed by atoms with Gasteiger partial charge in [-0.3, -0.25) is 4.98 Å². The highest BCUT2D eigenvalue weighted by atomic mass is 16.6. The lowest BCUT2D eigenvalue weighted by atomic mass is 10.1. The number of carbonyl (C=O) groups excluding carboxylic acids is 1. The van der Waals surface area contributed by atoms with E-state index >= 15 is 0 Å². The van der Waals surface area contributed by atoms with Crippen LogP contribution in [-0.2, 0) is 9.47 Å². The van der Waals surface area contributed by atoms with Crippen molar-refractivity contribution >= 4 is 6.09 Å². The van der Waals surface area contributed by atoms with Crippen LogP contribution in [0.3, 0.4) is 0 Å². The minimum Gasteiger partial charge on any atom is -0.493 e. The molecule has 0 unspecified atom stereocenters. The van der Waals surface area contributed by atoms with Crippen LogP contribution in [0.4, 0.5) is 4.79 Å². The maximum absolute atomic E-state index is 12.1. The van der Waals surface area contributed by atoms with Crippen molar-refractivity contribution < 1.29 is 19.4 Å². The molecule has 2 atom stereocenters. The number of rotatable bonds is 4. The lowest BCUT2D eigenvalue weighted by Crippen LogP contribution is -2.42. The summed E-state index contributed by atoms with van der Waals surface area (Å²) in [5.74, 6) is -0.347. The van der Waals surface area contributed by atoms with Crippen LogP contribution in [-0.4, -0.2) is 38.5 Å². The number of imidazole rings is 1. The Balaban J connectivity index is 3.04. The van der Waals surface area contributed by atoms with Crippen LogP contribution in [0.1, 0.15) is 60.2 Å². The quantitative estimate of drug-likeness (QED) is 0.675. The summed E-state index contributed by atoms with van der Waals surface area (Å²) in [4.78, 5) is 28.1. The highest BCUT2D eigenvalue weighted by molar-refractivity contribution is 5.68. The number of H-pyrrole nitrogens is 2. The van der Waals surface area contributed by atoms with Crippen LogP contribution in [0.2, 0.25) is 0 Å². The molecule has 132 valence electrons. The molecule has 1 heterocycles. The molecule has 23 heavy (non-hydrogen) atoms. The number of carbonyl (C=O) groups is 1. The van der Waals surface area contributed by atoms with E-state index in [9.17, 15) is 14.7 Å². The van der Waals surface area contributed by atoms with Gasteiger partial charge < -0.3 is 24.9 Å². The van der Waals surface area contributed by atoms with Crippen LogP contribution >= 0.6 is 0 Å². The molecule has 8 heteroatoms. The highest BCUT2D eigenvalue weighted by Crippen LogP contribution is 2.26. The van der Waals surface area contributed by atoms with Gasteiger partial charge in [-0.15, -0.1) is 0 Å². The van der Waals surface area contributed by atoms with Gasteiger partial charge in [0.05, 0.1) is 11.7 Å². The van der Waals surface area contributed by atoms with Crippen molar-refractivity contribution in [2.24, 2.45) is 0 Å². The molecule has 0 saturated carbocycles. The van der Waals surface area contributed by atoms with Gasteiger partial charge in [0, 0.05) is 0 Å². The van der Waals surface area contributed by atoms with Gasteiger partial charge in [0.1, 0.15) is 17.3 Å². The summed E-state index contributed by atoms with van der Waals surface area (Å²) in [6, 6.07) is -0.789. The summed E-state index contributed by atoms with van der Waals surface area (Å²) in [6.45, 7) is 12.6. The van der Waals surface area contributed by atoms with Crippen LogP contribution < -0.4 is 11.0 Å². The summed E-state index contributed by atoms with van der Waals surface area (Å²) in [6.07, 6.45) is -1.20. The molecule has 0 spiro atoms. The van der Waals surface area contributed by atoms with Crippen molar-refractivity contribution in [2.45, 2.75) is 71.8 Å². The SMILES string of the molecule is C[C@H](OC(C)(C)C)[C@@H](NC(=O)OC(C)(C)C)c1[nH]c(=O)[nH]c1O. The minimum atomic E-state index is -0.789. The third kappa shape index (κ3) is 6.35. The van der Waals surface area contributed by atoms with Crippen molar-refractivity contribution in [3.63, 3.8) is 0 Å².